The van der Waals surface area contributed by atoms with Crippen molar-refractivity contribution in [3.63, 3.8) is 0 Å². The van der Waals surface area contributed by atoms with E-state index in [1.54, 1.807) is 0 Å². The molecule has 0 aromatic carbocycles. The first-order valence-corrected chi connectivity index (χ1v) is 10.9. The predicted octanol–water partition coefficient (Wildman–Crippen LogP) is 2.48. The Morgan fingerprint density at radius 2 is 2.15 bits per heavy atom. The molecule has 1 aromatic rings. The second-order valence-corrected chi connectivity index (χ2v) is 9.35. The van der Waals surface area contributed by atoms with Crippen LogP contribution in [0.2, 0.25) is 0 Å². The molecule has 150 valence electrons. The average molecular weight is 394 g/mol. The van der Waals surface area contributed by atoms with E-state index in [1.807, 2.05) is 16.7 Å². The summed E-state index contributed by atoms with van der Waals surface area (Å²) >= 11 is 1.38. The molecule has 0 aliphatic carbocycles. The summed E-state index contributed by atoms with van der Waals surface area (Å²) in [4.78, 5) is 33.3. The van der Waals surface area contributed by atoms with Gasteiger partial charge in [-0.15, -0.1) is 5.10 Å². The van der Waals surface area contributed by atoms with E-state index in [9.17, 15) is 9.59 Å². The molecule has 3 rings (SSSR count). The number of hydrogen-bond acceptors (Lipinski definition) is 5. The van der Waals surface area contributed by atoms with Gasteiger partial charge in [0.2, 0.25) is 17.0 Å². The fourth-order valence-electron chi connectivity index (χ4n) is 4.08. The van der Waals surface area contributed by atoms with Crippen LogP contribution in [0.1, 0.15) is 51.8 Å². The Morgan fingerprint density at radius 3 is 2.85 bits per heavy atom. The number of piperidine rings is 2. The number of aromatic amines is 1. The van der Waals surface area contributed by atoms with Crippen molar-refractivity contribution in [2.75, 3.05) is 31.9 Å². The first-order valence-electron chi connectivity index (χ1n) is 9.94. The summed E-state index contributed by atoms with van der Waals surface area (Å²) in [6.45, 7) is 9.46. The molecule has 2 fully saturated rings. The van der Waals surface area contributed by atoms with Crippen LogP contribution in [0.4, 0.5) is 0 Å². The number of H-pyrrole nitrogens is 1. The summed E-state index contributed by atoms with van der Waals surface area (Å²) in [5.74, 6) is 2.14. The molecular weight excluding hydrogens is 362 g/mol. The zero-order valence-corrected chi connectivity index (χ0v) is 17.5. The molecule has 2 aliphatic rings. The lowest BCUT2D eigenvalue weighted by Crippen LogP contribution is -2.55. The highest BCUT2D eigenvalue weighted by molar-refractivity contribution is 7.99. The van der Waals surface area contributed by atoms with E-state index >= 15 is 0 Å². The van der Waals surface area contributed by atoms with Crippen LogP contribution in [0, 0.1) is 18.3 Å². The number of nitrogens with one attached hydrogen (secondary N) is 1. The summed E-state index contributed by atoms with van der Waals surface area (Å²) < 4.78 is 0. The molecule has 0 unspecified atom stereocenters. The highest BCUT2D eigenvalue weighted by Crippen LogP contribution is 2.39. The number of thioether (sulfide) groups is 1. The minimum atomic E-state index is 0.0740. The van der Waals surface area contributed by atoms with Crippen LogP contribution in [0.15, 0.2) is 5.16 Å². The number of aromatic nitrogens is 3. The number of rotatable bonds is 6. The number of hydrogen-bond donors (Lipinski definition) is 1. The normalized spacial score (nSPS) is 23.5. The van der Waals surface area contributed by atoms with Crippen molar-refractivity contribution in [3.8, 4) is 0 Å². The minimum absolute atomic E-state index is 0.0740. The van der Waals surface area contributed by atoms with Gasteiger partial charge in [-0.1, -0.05) is 25.6 Å². The fourth-order valence-corrected chi connectivity index (χ4v) is 4.83. The molecule has 1 N–H and O–H groups in total. The van der Waals surface area contributed by atoms with Gasteiger partial charge in [-0.2, -0.15) is 0 Å². The molecule has 1 atom stereocenters. The fraction of sp³-hybridized carbons (Fsp3) is 0.789. The van der Waals surface area contributed by atoms with E-state index in [0.717, 1.165) is 57.7 Å². The second-order valence-electron chi connectivity index (χ2n) is 8.41. The molecule has 1 spiro atoms. The lowest BCUT2D eigenvalue weighted by Gasteiger charge is -2.48. The summed E-state index contributed by atoms with van der Waals surface area (Å²) in [5, 5.41) is 7.51. The highest BCUT2D eigenvalue weighted by Gasteiger charge is 2.42. The summed E-state index contributed by atoms with van der Waals surface area (Å²) in [7, 11) is 0. The maximum absolute atomic E-state index is 12.7. The van der Waals surface area contributed by atoms with E-state index in [4.69, 9.17) is 0 Å². The quantitative estimate of drug-likeness (QED) is 0.751. The number of nitrogens with zero attached hydrogens (tertiary/aromatic N) is 4. The van der Waals surface area contributed by atoms with Gasteiger partial charge in [0.1, 0.15) is 5.82 Å². The lowest BCUT2D eigenvalue weighted by atomic mass is 9.73. The van der Waals surface area contributed by atoms with Crippen LogP contribution < -0.4 is 0 Å². The largest absolute Gasteiger partial charge is 0.342 e. The molecule has 2 amide bonds. The van der Waals surface area contributed by atoms with Gasteiger partial charge < -0.3 is 9.80 Å². The van der Waals surface area contributed by atoms with Gasteiger partial charge in [-0.05, 0) is 38.5 Å². The summed E-state index contributed by atoms with van der Waals surface area (Å²) in [5.41, 5.74) is 0.0740. The first-order chi connectivity index (χ1) is 12.9. The van der Waals surface area contributed by atoms with Crippen molar-refractivity contribution in [2.45, 2.75) is 58.0 Å². The van der Waals surface area contributed by atoms with Crippen LogP contribution in [-0.2, 0) is 9.59 Å². The molecule has 2 saturated heterocycles. The Hall–Kier alpha value is -1.57. The Morgan fingerprint density at radius 1 is 1.33 bits per heavy atom. The first kappa shape index (κ1) is 20.2. The van der Waals surface area contributed by atoms with Crippen molar-refractivity contribution >= 4 is 23.6 Å². The number of amides is 2. The molecule has 7 nitrogen and oxygen atoms in total. The van der Waals surface area contributed by atoms with Gasteiger partial charge in [-0.25, -0.2) is 4.98 Å². The third-order valence-corrected chi connectivity index (χ3v) is 6.47. The van der Waals surface area contributed by atoms with E-state index in [2.05, 4.69) is 29.0 Å². The average Bonchev–Trinajstić information content (AvgIpc) is 3.06. The van der Waals surface area contributed by atoms with Crippen LogP contribution in [0.3, 0.4) is 0 Å². The number of carbonyl (C=O) groups is 2. The van der Waals surface area contributed by atoms with Crippen LogP contribution in [0.25, 0.3) is 0 Å². The maximum Gasteiger partial charge on any atom is 0.233 e. The van der Waals surface area contributed by atoms with E-state index in [-0.39, 0.29) is 17.2 Å². The molecular formula is C19H31N5O2S. The monoisotopic (exact) mass is 393 g/mol. The van der Waals surface area contributed by atoms with Gasteiger partial charge in [0.15, 0.2) is 0 Å². The predicted molar refractivity (Wildman–Crippen MR) is 105 cm³/mol. The van der Waals surface area contributed by atoms with Gasteiger partial charge in [0.25, 0.3) is 0 Å². The standard InChI is InChI=1S/C19H31N5O2S/c1-14(2)6-10-24-13-19(8-5-16(24)25)7-4-9-23(12-19)17(26)11-27-18-20-15(3)21-22-18/h14H,4-13H2,1-3H3,(H,20,21,22)/t19-/m0/s1. The Balaban J connectivity index is 1.57. The lowest BCUT2D eigenvalue weighted by molar-refractivity contribution is -0.142. The van der Waals surface area contributed by atoms with Gasteiger partial charge >= 0.3 is 0 Å². The molecule has 1 aromatic heterocycles. The maximum atomic E-state index is 12.7. The van der Waals surface area contributed by atoms with Gasteiger partial charge in [0, 0.05) is 38.0 Å². The number of aryl methyl sites for hydroxylation is 1. The third-order valence-electron chi connectivity index (χ3n) is 5.64. The third kappa shape index (κ3) is 5.24. The Kier molecular flexibility index (Phi) is 6.44. The highest BCUT2D eigenvalue weighted by atomic mass is 32.2. The van der Waals surface area contributed by atoms with Crippen molar-refractivity contribution < 1.29 is 9.59 Å². The van der Waals surface area contributed by atoms with Crippen LogP contribution in [-0.4, -0.2) is 68.7 Å². The molecule has 0 saturated carbocycles. The summed E-state index contributed by atoms with van der Waals surface area (Å²) in [6, 6.07) is 0. The molecule has 8 heteroatoms. The minimum Gasteiger partial charge on any atom is -0.342 e. The van der Waals surface area contributed by atoms with Gasteiger partial charge in [-0.3, -0.25) is 14.7 Å². The molecule has 0 radical (unpaired) electrons. The molecule has 3 heterocycles. The van der Waals surface area contributed by atoms with Crippen LogP contribution in [0.5, 0.6) is 0 Å². The van der Waals surface area contributed by atoms with E-state index in [1.165, 1.54) is 11.8 Å². The molecule has 27 heavy (non-hydrogen) atoms. The SMILES string of the molecule is Cc1nc(SCC(=O)N2CCC[C@]3(CCC(=O)N(CCC(C)C)C3)C2)n[nH]1. The molecule has 0 bridgehead atoms. The Bertz CT molecular complexity index is 677. The topological polar surface area (TPSA) is 82.2 Å². The van der Waals surface area contributed by atoms with E-state index in [0.29, 0.717) is 23.2 Å². The Labute approximate surface area is 165 Å². The summed E-state index contributed by atoms with van der Waals surface area (Å²) in [6.07, 6.45) is 4.68. The smallest absolute Gasteiger partial charge is 0.233 e. The molecule has 2 aliphatic heterocycles. The van der Waals surface area contributed by atoms with Crippen molar-refractivity contribution in [1.29, 1.82) is 0 Å². The van der Waals surface area contributed by atoms with Crippen molar-refractivity contribution in [1.82, 2.24) is 25.0 Å². The zero-order valence-electron chi connectivity index (χ0n) is 16.7. The van der Waals surface area contributed by atoms with Gasteiger partial charge in [0.05, 0.1) is 5.75 Å². The van der Waals surface area contributed by atoms with E-state index < -0.39 is 0 Å². The van der Waals surface area contributed by atoms with Crippen molar-refractivity contribution in [2.24, 2.45) is 11.3 Å². The van der Waals surface area contributed by atoms with Crippen molar-refractivity contribution in [3.05, 3.63) is 5.82 Å². The van der Waals surface area contributed by atoms with Crippen LogP contribution >= 0.6 is 11.8 Å². The second kappa shape index (κ2) is 8.63. The zero-order chi connectivity index (χ0) is 19.4. The number of likely N-dealkylation sites (tertiary alicyclic amines) is 2. The number of carbonyl (C=O) groups excluding carboxylic acids is 2.